The molecule has 0 fully saturated rings. The Balaban J connectivity index is 1.86. The molecule has 0 bridgehead atoms. The number of urea groups is 1. The van der Waals surface area contributed by atoms with Gasteiger partial charge in [-0.05, 0) is 48.9 Å². The minimum absolute atomic E-state index is 0.174. The van der Waals surface area contributed by atoms with Gasteiger partial charge in [-0.2, -0.15) is 0 Å². The molecule has 2 aromatic carbocycles. The van der Waals surface area contributed by atoms with Crippen molar-refractivity contribution in [3.05, 3.63) is 53.8 Å². The topological polar surface area (TPSA) is 70.7 Å². The minimum atomic E-state index is -0.328. The van der Waals surface area contributed by atoms with Crippen molar-refractivity contribution in [3.63, 3.8) is 0 Å². The van der Waals surface area contributed by atoms with Crippen LogP contribution < -0.4 is 15.4 Å². The number of nitrogens with zero attached hydrogens (tertiary/aromatic N) is 1. The summed E-state index contributed by atoms with van der Waals surface area (Å²) in [6, 6.07) is 10.7. The second kappa shape index (κ2) is 8.84. The molecule has 0 aliphatic rings. The van der Waals surface area contributed by atoms with Crippen LogP contribution in [0.4, 0.5) is 20.6 Å². The molecule has 2 N–H and O–H groups in total. The predicted octanol–water partition coefficient (Wildman–Crippen LogP) is 3.64. The summed E-state index contributed by atoms with van der Waals surface area (Å²) in [6.45, 7) is 3.93. The molecule has 0 aliphatic carbocycles. The average Bonchev–Trinajstić information content (AvgIpc) is 2.59. The number of hydrogen-bond donors (Lipinski definition) is 2. The van der Waals surface area contributed by atoms with E-state index >= 15 is 0 Å². The summed E-state index contributed by atoms with van der Waals surface area (Å²) in [7, 11) is 1.65. The Morgan fingerprint density at radius 3 is 2.46 bits per heavy atom. The SMILES string of the molecule is CC(=O)Nc1cc(NC(=O)N(C)CCOc2ccc(F)cc2)ccc1C. The van der Waals surface area contributed by atoms with Crippen molar-refractivity contribution in [2.75, 3.05) is 30.8 Å². The van der Waals surface area contributed by atoms with Gasteiger partial charge in [-0.1, -0.05) is 6.07 Å². The Hall–Kier alpha value is -3.09. The van der Waals surface area contributed by atoms with Gasteiger partial charge in [-0.15, -0.1) is 0 Å². The maximum Gasteiger partial charge on any atom is 0.321 e. The van der Waals surface area contributed by atoms with Gasteiger partial charge in [0.15, 0.2) is 0 Å². The second-order valence-electron chi connectivity index (χ2n) is 5.86. The zero-order valence-corrected chi connectivity index (χ0v) is 15.0. The summed E-state index contributed by atoms with van der Waals surface area (Å²) in [6.07, 6.45) is 0. The fraction of sp³-hybridized carbons (Fsp3) is 0.263. The standard InChI is InChI=1S/C19H22FN3O3/c1-13-4-7-16(12-18(13)21-14(2)24)22-19(25)23(3)10-11-26-17-8-5-15(20)6-9-17/h4-9,12H,10-11H2,1-3H3,(H,21,24)(H,22,25). The van der Waals surface area contributed by atoms with Gasteiger partial charge in [0.05, 0.1) is 6.54 Å². The van der Waals surface area contributed by atoms with Crippen LogP contribution in [-0.4, -0.2) is 37.0 Å². The third-order valence-corrected chi connectivity index (χ3v) is 3.66. The van der Waals surface area contributed by atoms with E-state index in [-0.39, 0.29) is 24.4 Å². The van der Waals surface area contributed by atoms with Crippen LogP contribution >= 0.6 is 0 Å². The molecule has 3 amide bonds. The molecule has 0 saturated heterocycles. The summed E-state index contributed by atoms with van der Waals surface area (Å²) >= 11 is 0. The normalized spacial score (nSPS) is 10.2. The molecule has 0 aromatic heterocycles. The summed E-state index contributed by atoms with van der Waals surface area (Å²) < 4.78 is 18.3. The number of benzene rings is 2. The number of carbonyl (C=O) groups is 2. The lowest BCUT2D eigenvalue weighted by atomic mass is 10.2. The predicted molar refractivity (Wildman–Crippen MR) is 99.0 cm³/mol. The van der Waals surface area contributed by atoms with E-state index in [0.29, 0.717) is 23.7 Å². The van der Waals surface area contributed by atoms with E-state index in [4.69, 9.17) is 4.74 Å². The van der Waals surface area contributed by atoms with Crippen LogP contribution in [0.1, 0.15) is 12.5 Å². The lowest BCUT2D eigenvalue weighted by Gasteiger charge is -2.19. The molecular weight excluding hydrogens is 337 g/mol. The molecule has 0 unspecified atom stereocenters. The first-order valence-corrected chi connectivity index (χ1v) is 8.14. The van der Waals surface area contributed by atoms with Gasteiger partial charge in [0.25, 0.3) is 0 Å². The molecule has 0 saturated carbocycles. The first-order valence-electron chi connectivity index (χ1n) is 8.14. The highest BCUT2D eigenvalue weighted by Crippen LogP contribution is 2.20. The molecule has 0 atom stereocenters. The molecule has 2 rings (SSSR count). The Bertz CT molecular complexity index is 778. The molecule has 2 aromatic rings. The molecule has 0 radical (unpaired) electrons. The highest BCUT2D eigenvalue weighted by Gasteiger charge is 2.10. The lowest BCUT2D eigenvalue weighted by Crippen LogP contribution is -2.34. The van der Waals surface area contributed by atoms with E-state index in [2.05, 4.69) is 10.6 Å². The number of ether oxygens (including phenoxy) is 1. The highest BCUT2D eigenvalue weighted by atomic mass is 19.1. The van der Waals surface area contributed by atoms with Crippen LogP contribution in [0.2, 0.25) is 0 Å². The number of anilines is 2. The Labute approximate surface area is 152 Å². The molecule has 7 heteroatoms. The van der Waals surface area contributed by atoms with E-state index in [9.17, 15) is 14.0 Å². The fourth-order valence-corrected chi connectivity index (χ4v) is 2.18. The lowest BCUT2D eigenvalue weighted by molar-refractivity contribution is -0.114. The van der Waals surface area contributed by atoms with Crippen LogP contribution in [0.25, 0.3) is 0 Å². The van der Waals surface area contributed by atoms with Crippen LogP contribution in [0.5, 0.6) is 5.75 Å². The molecule has 0 aliphatic heterocycles. The van der Waals surface area contributed by atoms with Crippen molar-refractivity contribution < 1.29 is 18.7 Å². The molecule has 6 nitrogen and oxygen atoms in total. The Morgan fingerprint density at radius 2 is 1.81 bits per heavy atom. The highest BCUT2D eigenvalue weighted by molar-refractivity contribution is 5.93. The van der Waals surface area contributed by atoms with Crippen LogP contribution in [0.15, 0.2) is 42.5 Å². The third kappa shape index (κ3) is 5.77. The number of halogens is 1. The van der Waals surface area contributed by atoms with Gasteiger partial charge in [-0.25, -0.2) is 9.18 Å². The van der Waals surface area contributed by atoms with Crippen molar-refractivity contribution >= 4 is 23.3 Å². The Kier molecular flexibility index (Phi) is 6.54. The first kappa shape index (κ1) is 19.2. The summed E-state index contributed by atoms with van der Waals surface area (Å²) in [5.41, 5.74) is 2.13. The second-order valence-corrected chi connectivity index (χ2v) is 5.86. The number of rotatable bonds is 6. The van der Waals surface area contributed by atoms with Crippen LogP contribution in [0.3, 0.4) is 0 Å². The van der Waals surface area contributed by atoms with Gasteiger partial charge in [0.2, 0.25) is 5.91 Å². The molecule has 26 heavy (non-hydrogen) atoms. The van der Waals surface area contributed by atoms with E-state index in [1.54, 1.807) is 19.2 Å². The Morgan fingerprint density at radius 1 is 1.12 bits per heavy atom. The first-order chi connectivity index (χ1) is 12.3. The fourth-order valence-electron chi connectivity index (χ4n) is 2.18. The third-order valence-electron chi connectivity index (χ3n) is 3.66. The molecular formula is C19H22FN3O3. The van der Waals surface area contributed by atoms with Gasteiger partial charge in [0, 0.05) is 25.3 Å². The van der Waals surface area contributed by atoms with Crippen molar-refractivity contribution in [1.29, 1.82) is 0 Å². The monoisotopic (exact) mass is 359 g/mol. The number of amides is 3. The van der Waals surface area contributed by atoms with Gasteiger partial charge >= 0.3 is 6.03 Å². The van der Waals surface area contributed by atoms with Crippen molar-refractivity contribution in [1.82, 2.24) is 4.90 Å². The summed E-state index contributed by atoms with van der Waals surface area (Å²) in [5, 5.41) is 5.49. The zero-order chi connectivity index (χ0) is 19.1. The smallest absolute Gasteiger partial charge is 0.321 e. The number of nitrogens with one attached hydrogen (secondary N) is 2. The quantitative estimate of drug-likeness (QED) is 0.827. The van der Waals surface area contributed by atoms with Crippen LogP contribution in [0, 0.1) is 12.7 Å². The molecule has 138 valence electrons. The molecule has 0 spiro atoms. The van der Waals surface area contributed by atoms with E-state index in [1.165, 1.54) is 36.1 Å². The largest absolute Gasteiger partial charge is 0.492 e. The van der Waals surface area contributed by atoms with E-state index in [1.807, 2.05) is 13.0 Å². The summed E-state index contributed by atoms with van der Waals surface area (Å²) in [4.78, 5) is 24.9. The summed E-state index contributed by atoms with van der Waals surface area (Å²) in [5.74, 6) is 0.0379. The average molecular weight is 359 g/mol. The maximum atomic E-state index is 12.8. The number of carbonyl (C=O) groups excluding carboxylic acids is 2. The van der Waals surface area contributed by atoms with E-state index < -0.39 is 0 Å². The van der Waals surface area contributed by atoms with Crippen LogP contribution in [-0.2, 0) is 4.79 Å². The maximum absolute atomic E-state index is 12.8. The van der Waals surface area contributed by atoms with Crippen molar-refractivity contribution in [3.8, 4) is 5.75 Å². The number of aryl methyl sites for hydroxylation is 1. The van der Waals surface area contributed by atoms with Crippen molar-refractivity contribution in [2.24, 2.45) is 0 Å². The van der Waals surface area contributed by atoms with Gasteiger partial charge in [0.1, 0.15) is 18.2 Å². The number of likely N-dealkylation sites (N-methyl/N-ethyl adjacent to an activating group) is 1. The van der Waals surface area contributed by atoms with Crippen molar-refractivity contribution in [2.45, 2.75) is 13.8 Å². The molecule has 0 heterocycles. The van der Waals surface area contributed by atoms with Gasteiger partial charge in [-0.3, -0.25) is 4.79 Å². The van der Waals surface area contributed by atoms with E-state index in [0.717, 1.165) is 5.56 Å². The zero-order valence-electron chi connectivity index (χ0n) is 15.0. The minimum Gasteiger partial charge on any atom is -0.492 e. The number of hydrogen-bond acceptors (Lipinski definition) is 3. The van der Waals surface area contributed by atoms with Gasteiger partial charge < -0.3 is 20.3 Å².